The predicted molar refractivity (Wildman–Crippen MR) is 121 cm³/mol. The Morgan fingerprint density at radius 3 is 1.94 bits per heavy atom. The van der Waals surface area contributed by atoms with Crippen molar-refractivity contribution in [3.63, 3.8) is 0 Å². The molecule has 11 nitrogen and oxygen atoms in total. The lowest BCUT2D eigenvalue weighted by atomic mass is 9.86. The van der Waals surface area contributed by atoms with Gasteiger partial charge in [-0.05, 0) is 41.8 Å². The monoisotopic (exact) mass is 496 g/mol. The van der Waals surface area contributed by atoms with Crippen molar-refractivity contribution >= 4 is 0 Å². The van der Waals surface area contributed by atoms with Crippen molar-refractivity contribution in [2.45, 2.75) is 49.1 Å². The Morgan fingerprint density at radius 1 is 0.829 bits per heavy atom. The van der Waals surface area contributed by atoms with Crippen molar-refractivity contribution in [2.24, 2.45) is 0 Å². The van der Waals surface area contributed by atoms with Crippen LogP contribution in [-0.4, -0.2) is 93.9 Å². The third-order valence-corrected chi connectivity index (χ3v) is 6.10. The highest BCUT2D eigenvalue weighted by molar-refractivity contribution is 5.46. The molecule has 7 atom stereocenters. The van der Waals surface area contributed by atoms with Gasteiger partial charge in [0.1, 0.15) is 24.4 Å². The molecule has 3 rings (SSSR count). The third kappa shape index (κ3) is 5.78. The van der Waals surface area contributed by atoms with Crippen molar-refractivity contribution in [1.82, 2.24) is 0 Å². The zero-order valence-corrected chi connectivity index (χ0v) is 19.4. The molecule has 1 saturated heterocycles. The van der Waals surface area contributed by atoms with E-state index in [0.717, 1.165) is 0 Å². The van der Waals surface area contributed by atoms with Crippen LogP contribution in [0.3, 0.4) is 0 Å². The second-order valence-electron chi connectivity index (χ2n) is 8.24. The summed E-state index contributed by atoms with van der Waals surface area (Å²) in [7, 11) is 2.77. The van der Waals surface area contributed by atoms with Crippen LogP contribution in [0.1, 0.15) is 29.6 Å². The minimum atomic E-state index is -1.65. The normalized spacial score (nSPS) is 26.2. The van der Waals surface area contributed by atoms with Crippen LogP contribution in [0.5, 0.6) is 23.0 Å². The molecule has 1 aliphatic heterocycles. The van der Waals surface area contributed by atoms with E-state index in [9.17, 15) is 35.7 Å². The Labute approximate surface area is 202 Å². The van der Waals surface area contributed by atoms with Gasteiger partial charge in [-0.1, -0.05) is 12.1 Å². The number of ether oxygens (including phenoxy) is 4. The molecular weight excluding hydrogens is 464 g/mol. The topological polar surface area (TPSA) is 179 Å². The van der Waals surface area contributed by atoms with Crippen molar-refractivity contribution in [1.29, 1.82) is 0 Å². The van der Waals surface area contributed by atoms with Gasteiger partial charge in [-0.3, -0.25) is 0 Å². The molecule has 0 saturated carbocycles. The van der Waals surface area contributed by atoms with E-state index in [-0.39, 0.29) is 36.0 Å². The number of phenolic OH excluding ortho intramolecular Hbond substituents is 2. The lowest BCUT2D eigenvalue weighted by Crippen LogP contribution is -2.59. The maximum absolute atomic E-state index is 10.6. The number of methoxy groups -OCH3 is 2. The fourth-order valence-corrected chi connectivity index (χ4v) is 4.16. The number of phenols is 2. The van der Waals surface area contributed by atoms with E-state index in [0.29, 0.717) is 11.1 Å². The van der Waals surface area contributed by atoms with E-state index in [4.69, 9.17) is 18.9 Å². The Balaban J connectivity index is 2.08. The number of hydrogen-bond acceptors (Lipinski definition) is 11. The molecule has 1 heterocycles. The summed E-state index contributed by atoms with van der Waals surface area (Å²) in [6.45, 7) is -0.880. The van der Waals surface area contributed by atoms with E-state index in [1.54, 1.807) is 18.2 Å². The molecule has 7 N–H and O–H groups in total. The number of benzene rings is 2. The molecule has 0 aromatic heterocycles. The second-order valence-corrected chi connectivity index (χ2v) is 8.24. The molecular formula is C24H32O11. The van der Waals surface area contributed by atoms with Gasteiger partial charge < -0.3 is 54.7 Å². The van der Waals surface area contributed by atoms with Crippen molar-refractivity contribution in [3.8, 4) is 23.0 Å². The number of hydrogen-bond donors (Lipinski definition) is 7. The summed E-state index contributed by atoms with van der Waals surface area (Å²) >= 11 is 0. The fourth-order valence-electron chi connectivity index (χ4n) is 4.16. The van der Waals surface area contributed by atoms with Crippen LogP contribution in [0.4, 0.5) is 0 Å². The number of aromatic hydroxyl groups is 2. The smallest absolute Gasteiger partial charge is 0.187 e. The lowest BCUT2D eigenvalue weighted by molar-refractivity contribution is -0.314. The van der Waals surface area contributed by atoms with Crippen LogP contribution in [0.25, 0.3) is 0 Å². The molecule has 1 aliphatic rings. The molecule has 0 amide bonds. The number of rotatable bonds is 10. The minimum Gasteiger partial charge on any atom is -0.504 e. The summed E-state index contributed by atoms with van der Waals surface area (Å²) in [6.07, 6.45) is -8.29. The molecule has 0 spiro atoms. The van der Waals surface area contributed by atoms with E-state index in [1.165, 1.54) is 32.4 Å². The first-order chi connectivity index (χ1) is 16.7. The van der Waals surface area contributed by atoms with E-state index < -0.39 is 49.3 Å². The molecule has 0 aliphatic carbocycles. The first-order valence-corrected chi connectivity index (χ1v) is 11.1. The van der Waals surface area contributed by atoms with Gasteiger partial charge >= 0.3 is 0 Å². The molecule has 1 fully saturated rings. The molecule has 2 aromatic carbocycles. The number of aliphatic hydroxyl groups excluding tert-OH is 5. The highest BCUT2D eigenvalue weighted by atomic mass is 16.7. The van der Waals surface area contributed by atoms with Gasteiger partial charge in [0.2, 0.25) is 0 Å². The Kier molecular flexibility index (Phi) is 9.14. The van der Waals surface area contributed by atoms with Gasteiger partial charge in [0.15, 0.2) is 29.3 Å². The Bertz CT molecular complexity index is 966. The van der Waals surface area contributed by atoms with Gasteiger partial charge in [-0.2, -0.15) is 0 Å². The molecule has 0 radical (unpaired) electrons. The molecule has 194 valence electrons. The van der Waals surface area contributed by atoms with Crippen molar-refractivity contribution < 1.29 is 54.7 Å². The van der Waals surface area contributed by atoms with Gasteiger partial charge in [-0.15, -0.1) is 0 Å². The van der Waals surface area contributed by atoms with E-state index >= 15 is 0 Å². The van der Waals surface area contributed by atoms with Crippen LogP contribution in [0.15, 0.2) is 36.4 Å². The van der Waals surface area contributed by atoms with Crippen LogP contribution in [-0.2, 0) is 9.47 Å². The van der Waals surface area contributed by atoms with Crippen LogP contribution in [0.2, 0.25) is 0 Å². The summed E-state index contributed by atoms with van der Waals surface area (Å²) in [5.74, 6) is -0.461. The predicted octanol–water partition coefficient (Wildman–Crippen LogP) is 0.139. The molecule has 35 heavy (non-hydrogen) atoms. The van der Waals surface area contributed by atoms with Crippen LogP contribution < -0.4 is 9.47 Å². The fraction of sp³-hybridized carbons (Fsp3) is 0.500. The average molecular weight is 497 g/mol. The maximum Gasteiger partial charge on any atom is 0.187 e. The van der Waals surface area contributed by atoms with Gasteiger partial charge in [0.05, 0.1) is 26.9 Å². The molecule has 11 heteroatoms. The average Bonchev–Trinajstić information content (AvgIpc) is 2.86. The van der Waals surface area contributed by atoms with E-state index in [1.807, 2.05) is 0 Å². The highest BCUT2D eigenvalue weighted by Gasteiger charge is 2.45. The second kappa shape index (κ2) is 11.9. The third-order valence-electron chi connectivity index (χ3n) is 6.10. The zero-order chi connectivity index (χ0) is 25.7. The zero-order valence-electron chi connectivity index (χ0n) is 19.4. The standard InChI is InChI=1S/C24H32O11/c1-32-17-9-12(3-5-15(17)27)14(7-8-25)23(13-4-6-16(28)18(10-13)33-2)35-24-22(31)21(30)20(29)19(11-26)34-24/h3-6,9-10,14,19-31H,7-8,11H2,1-2H3/t14-,19-,20-,21+,22-,23-,24+/m1/s1. The Morgan fingerprint density at radius 2 is 1.40 bits per heavy atom. The maximum atomic E-state index is 10.6. The summed E-state index contributed by atoms with van der Waals surface area (Å²) < 4.78 is 22.1. The van der Waals surface area contributed by atoms with Crippen LogP contribution in [0, 0.1) is 0 Å². The molecule has 0 bridgehead atoms. The SMILES string of the molecule is COc1cc([C@@H](CCO)[C@H](O[C@@H]2O[C@H](CO)[C@@H](O)[C@H](O)[C@H]2O)c2ccc(O)c(OC)c2)ccc1O. The lowest BCUT2D eigenvalue weighted by Gasteiger charge is -2.42. The quantitative estimate of drug-likeness (QED) is 0.238. The largest absolute Gasteiger partial charge is 0.504 e. The number of aliphatic hydroxyl groups is 5. The van der Waals surface area contributed by atoms with Gasteiger partial charge in [-0.25, -0.2) is 0 Å². The van der Waals surface area contributed by atoms with Crippen molar-refractivity contribution in [2.75, 3.05) is 27.4 Å². The first kappa shape index (κ1) is 27.0. The molecule has 2 aromatic rings. The Hall–Kier alpha value is -2.64. The van der Waals surface area contributed by atoms with Gasteiger partial charge in [0.25, 0.3) is 0 Å². The summed E-state index contributed by atoms with van der Waals surface area (Å²) in [5, 5.41) is 70.4. The van der Waals surface area contributed by atoms with E-state index in [2.05, 4.69) is 0 Å². The summed E-state index contributed by atoms with van der Waals surface area (Å²) in [5.41, 5.74) is 1.08. The van der Waals surface area contributed by atoms with Gasteiger partial charge in [0, 0.05) is 12.5 Å². The first-order valence-electron chi connectivity index (χ1n) is 11.1. The minimum absolute atomic E-state index is 0.0864. The van der Waals surface area contributed by atoms with Crippen molar-refractivity contribution in [3.05, 3.63) is 47.5 Å². The van der Waals surface area contributed by atoms with Crippen LogP contribution >= 0.6 is 0 Å². The summed E-state index contributed by atoms with van der Waals surface area (Å²) in [4.78, 5) is 0. The molecule has 0 unspecified atom stereocenters. The summed E-state index contributed by atoms with van der Waals surface area (Å²) in [6, 6.07) is 9.11. The highest BCUT2D eigenvalue weighted by Crippen LogP contribution is 2.43.